The van der Waals surface area contributed by atoms with Gasteiger partial charge in [0, 0.05) is 66.4 Å². The van der Waals surface area contributed by atoms with Crippen LogP contribution in [0.4, 0.5) is 34.1 Å². The molecule has 0 N–H and O–H groups in total. The van der Waals surface area contributed by atoms with Crippen LogP contribution in [-0.4, -0.2) is 20.4 Å². The first kappa shape index (κ1) is 53.9. The number of anilines is 6. The first-order valence-electron chi connectivity index (χ1n) is 32.4. The minimum atomic E-state index is -0.288. The molecule has 3 aromatic heterocycles. The molecule has 438 valence electrons. The van der Waals surface area contributed by atoms with E-state index in [4.69, 9.17) is 0 Å². The maximum Gasteiger partial charge on any atom is 0.252 e. The molecule has 0 radical (unpaired) electrons. The van der Waals surface area contributed by atoms with Crippen LogP contribution in [-0.2, 0) is 10.8 Å². The molecule has 2 aliphatic heterocycles. The second kappa shape index (κ2) is 20.2. The van der Waals surface area contributed by atoms with Crippen LogP contribution in [0.1, 0.15) is 52.7 Å². The lowest BCUT2D eigenvalue weighted by atomic mass is 9.33. The van der Waals surface area contributed by atoms with Gasteiger partial charge in [-0.05, 0) is 146 Å². The molecular formula is C86H66BN5. The Morgan fingerprint density at radius 1 is 0.239 bits per heavy atom. The van der Waals surface area contributed by atoms with Gasteiger partial charge in [0.25, 0.3) is 6.71 Å². The number of fused-ring (bicyclic) bond motifs is 13. The van der Waals surface area contributed by atoms with Crippen LogP contribution in [0.2, 0.25) is 0 Å². The molecule has 0 fully saturated rings. The Balaban J connectivity index is 1.02. The summed E-state index contributed by atoms with van der Waals surface area (Å²) in [6, 6.07) is 110. The fourth-order valence-electron chi connectivity index (χ4n) is 15.7. The van der Waals surface area contributed by atoms with Crippen molar-refractivity contribution in [2.24, 2.45) is 0 Å². The summed E-state index contributed by atoms with van der Waals surface area (Å²) in [4.78, 5) is 5.25. The minimum absolute atomic E-state index is 0.210. The molecule has 6 heteroatoms. The first-order chi connectivity index (χ1) is 44.9. The van der Waals surface area contributed by atoms with Crippen molar-refractivity contribution in [2.45, 2.75) is 52.4 Å². The predicted molar refractivity (Wildman–Crippen MR) is 392 cm³/mol. The average molecular weight is 1180 g/mol. The summed E-state index contributed by atoms with van der Waals surface area (Å²) in [5.41, 5.74) is 27.8. The van der Waals surface area contributed by atoms with Gasteiger partial charge in [-0.1, -0.05) is 248 Å². The fourth-order valence-corrected chi connectivity index (χ4v) is 15.7. The molecule has 0 saturated heterocycles. The third-order valence-corrected chi connectivity index (χ3v) is 19.8. The largest absolute Gasteiger partial charge is 0.311 e. The van der Waals surface area contributed by atoms with E-state index in [2.05, 4.69) is 356 Å². The number of para-hydroxylation sites is 6. The lowest BCUT2D eigenvalue weighted by molar-refractivity contribution is 0.588. The molecule has 0 amide bonds. The molecule has 92 heavy (non-hydrogen) atoms. The monoisotopic (exact) mass is 1180 g/mol. The van der Waals surface area contributed by atoms with Crippen LogP contribution < -0.4 is 26.2 Å². The SMILES string of the molecule is CC(C)(C)c1cc2c(cc1-n1c3ccccc3c3ccccc31)N(c1ccc(-c3ccccc3)cc1)c1cc(-n3c4ccccc4c4ccccc43)cc3c1B2c1cc(C(C)(C)C)c(-n2c4ccccc4c4ccccc42)cc1N3c1ccc(-c2ccccc2)cc1. The molecule has 18 rings (SSSR count). The highest BCUT2D eigenvalue weighted by Gasteiger charge is 2.46. The van der Waals surface area contributed by atoms with Crippen LogP contribution in [0.25, 0.3) is 105 Å². The Bertz CT molecular complexity index is 5210. The van der Waals surface area contributed by atoms with Gasteiger partial charge in [-0.2, -0.15) is 0 Å². The smallest absolute Gasteiger partial charge is 0.252 e. The molecule has 0 atom stereocenters. The highest BCUT2D eigenvalue weighted by atomic mass is 15.2. The Morgan fingerprint density at radius 2 is 0.522 bits per heavy atom. The summed E-state index contributed by atoms with van der Waals surface area (Å²) in [5, 5.41) is 7.42. The van der Waals surface area contributed by atoms with Crippen LogP contribution in [0.15, 0.2) is 291 Å². The van der Waals surface area contributed by atoms with Crippen LogP contribution in [0.3, 0.4) is 0 Å². The lowest BCUT2D eigenvalue weighted by Gasteiger charge is -2.46. The van der Waals surface area contributed by atoms with E-state index in [1.165, 1.54) is 116 Å². The van der Waals surface area contributed by atoms with Gasteiger partial charge in [0.15, 0.2) is 0 Å². The first-order valence-corrected chi connectivity index (χ1v) is 32.4. The molecule has 5 heterocycles. The van der Waals surface area contributed by atoms with Crippen LogP contribution in [0, 0.1) is 0 Å². The summed E-state index contributed by atoms with van der Waals surface area (Å²) in [6.07, 6.45) is 0. The summed E-state index contributed by atoms with van der Waals surface area (Å²) in [5.74, 6) is 0. The van der Waals surface area contributed by atoms with Gasteiger partial charge in [0.1, 0.15) is 0 Å². The van der Waals surface area contributed by atoms with E-state index in [9.17, 15) is 0 Å². The molecule has 2 aliphatic rings. The van der Waals surface area contributed by atoms with Crippen molar-refractivity contribution < 1.29 is 0 Å². The molecule has 0 unspecified atom stereocenters. The van der Waals surface area contributed by atoms with Crippen LogP contribution in [0.5, 0.6) is 0 Å². The van der Waals surface area contributed by atoms with E-state index >= 15 is 0 Å². The number of aromatic nitrogens is 3. The van der Waals surface area contributed by atoms with Crippen molar-refractivity contribution in [3.8, 4) is 39.3 Å². The lowest BCUT2D eigenvalue weighted by Crippen LogP contribution is -2.62. The summed E-state index contributed by atoms with van der Waals surface area (Å²) in [7, 11) is 0. The van der Waals surface area contributed by atoms with Gasteiger partial charge in [-0.15, -0.1) is 0 Å². The van der Waals surface area contributed by atoms with Crippen molar-refractivity contribution in [1.82, 2.24) is 13.7 Å². The molecule has 0 bridgehead atoms. The molecule has 0 saturated carbocycles. The van der Waals surface area contributed by atoms with Crippen molar-refractivity contribution in [3.05, 3.63) is 302 Å². The molecule has 5 nitrogen and oxygen atoms in total. The Labute approximate surface area is 537 Å². The highest BCUT2D eigenvalue weighted by Crippen LogP contribution is 2.51. The number of nitrogens with zero attached hydrogens (tertiary/aromatic N) is 5. The van der Waals surface area contributed by atoms with E-state index in [0.29, 0.717) is 0 Å². The molecule has 13 aromatic carbocycles. The Morgan fingerprint density at radius 3 is 0.837 bits per heavy atom. The second-order valence-corrected chi connectivity index (χ2v) is 27.3. The van der Waals surface area contributed by atoms with E-state index in [-0.39, 0.29) is 17.5 Å². The van der Waals surface area contributed by atoms with Gasteiger partial charge in [-0.3, -0.25) is 0 Å². The summed E-state index contributed by atoms with van der Waals surface area (Å²) >= 11 is 0. The topological polar surface area (TPSA) is 21.3 Å². The third-order valence-electron chi connectivity index (χ3n) is 19.8. The van der Waals surface area contributed by atoms with E-state index in [1.807, 2.05) is 0 Å². The fraction of sp³-hybridized carbons (Fsp3) is 0.0930. The van der Waals surface area contributed by atoms with Gasteiger partial charge in [0.2, 0.25) is 0 Å². The predicted octanol–water partition coefficient (Wildman–Crippen LogP) is 21.0. The third kappa shape index (κ3) is 8.12. The molecular weight excluding hydrogens is 1110 g/mol. The molecule has 16 aromatic rings. The summed E-state index contributed by atoms with van der Waals surface area (Å²) in [6.45, 7) is 14.2. The Hall–Kier alpha value is -11.1. The minimum Gasteiger partial charge on any atom is -0.311 e. The zero-order valence-corrected chi connectivity index (χ0v) is 52.5. The maximum absolute atomic E-state index is 2.63. The van der Waals surface area contributed by atoms with Crippen molar-refractivity contribution in [2.75, 3.05) is 9.80 Å². The number of hydrogen-bond acceptors (Lipinski definition) is 2. The normalized spacial score (nSPS) is 13.0. The zero-order valence-electron chi connectivity index (χ0n) is 52.5. The molecule has 0 aliphatic carbocycles. The van der Waals surface area contributed by atoms with Crippen LogP contribution >= 0.6 is 0 Å². The van der Waals surface area contributed by atoms with E-state index < -0.39 is 0 Å². The molecule has 0 spiro atoms. The zero-order chi connectivity index (χ0) is 61.7. The average Bonchev–Trinajstić information content (AvgIpc) is 0.918. The van der Waals surface area contributed by atoms with Crippen molar-refractivity contribution in [1.29, 1.82) is 0 Å². The number of hydrogen-bond donors (Lipinski definition) is 0. The summed E-state index contributed by atoms with van der Waals surface area (Å²) < 4.78 is 7.64. The van der Waals surface area contributed by atoms with E-state index in [1.54, 1.807) is 0 Å². The maximum atomic E-state index is 2.63. The van der Waals surface area contributed by atoms with E-state index in [0.717, 1.165) is 50.8 Å². The van der Waals surface area contributed by atoms with Gasteiger partial charge < -0.3 is 23.5 Å². The quantitative estimate of drug-likeness (QED) is 0.148. The van der Waals surface area contributed by atoms with Crippen molar-refractivity contribution in [3.63, 3.8) is 0 Å². The number of rotatable bonds is 7. The van der Waals surface area contributed by atoms with Gasteiger partial charge in [-0.25, -0.2) is 0 Å². The van der Waals surface area contributed by atoms with Crippen molar-refractivity contribution >= 4 is 123 Å². The standard InChI is InChI=1S/C86H66BN5/c1-85(2,3)68-51-70-80(53-78(68)91-74-37-21-15-31-64(74)65-32-16-22-38-75(65)91)88(59-45-41-57(42-46-59)55-25-9-7-10-26-55)82-49-61(90-72-35-19-13-29-62(72)63-30-14-20-36-73(63)90)50-83-84(82)87(70)71-52-69(86(4,5)6)79(92-76-39-23-17-33-66(76)67-34-18-24-40-77(67)92)54-81(71)89(83)60-47-43-58(44-48-60)56-27-11-8-12-28-56/h7-54H,1-6H3. The second-order valence-electron chi connectivity index (χ2n) is 27.3. The van der Waals surface area contributed by atoms with Gasteiger partial charge in [0.05, 0.1) is 50.2 Å². The Kier molecular flexibility index (Phi) is 11.8. The van der Waals surface area contributed by atoms with Gasteiger partial charge >= 0.3 is 0 Å². The highest BCUT2D eigenvalue weighted by molar-refractivity contribution is 7.00. The number of benzene rings is 13.